The predicted octanol–water partition coefficient (Wildman–Crippen LogP) is 14.8. The summed E-state index contributed by atoms with van der Waals surface area (Å²) in [6.07, 6.45) is 0.891. The molecule has 0 saturated heterocycles. The van der Waals surface area contributed by atoms with Gasteiger partial charge in [0.05, 0.1) is 16.6 Å². The minimum atomic E-state index is 0.891. The number of benzene rings is 10. The van der Waals surface area contributed by atoms with Crippen LogP contribution in [-0.4, -0.2) is 9.55 Å². The summed E-state index contributed by atoms with van der Waals surface area (Å²) >= 11 is 0. The Morgan fingerprint density at radius 3 is 1.93 bits per heavy atom. The van der Waals surface area contributed by atoms with Gasteiger partial charge in [-0.05, 0) is 121 Å². The molecule has 0 amide bonds. The monoisotopic (exact) mass is 724 g/mol. The lowest BCUT2D eigenvalue weighted by molar-refractivity contribution is 1.18. The molecule has 2 heteroatoms. The van der Waals surface area contributed by atoms with Gasteiger partial charge in [-0.1, -0.05) is 146 Å². The Hall–Kier alpha value is -7.42. The number of aromatic nitrogens is 2. The van der Waals surface area contributed by atoms with Crippen LogP contribution < -0.4 is 0 Å². The molecular weight excluding hydrogens is 689 g/mol. The molecule has 2 nitrogen and oxygen atoms in total. The van der Waals surface area contributed by atoms with Crippen LogP contribution in [0, 0.1) is 0 Å². The second kappa shape index (κ2) is 12.6. The molecule has 0 fully saturated rings. The van der Waals surface area contributed by atoms with Crippen LogP contribution in [0.15, 0.2) is 200 Å². The quantitative estimate of drug-likeness (QED) is 0.171. The second-order valence-corrected chi connectivity index (χ2v) is 15.4. The molecule has 0 spiro atoms. The number of aromatic amines is 1. The molecule has 0 aliphatic heterocycles. The van der Waals surface area contributed by atoms with Crippen molar-refractivity contribution in [3.63, 3.8) is 0 Å². The molecule has 0 aliphatic carbocycles. The first-order chi connectivity index (χ1) is 28.2. The zero-order chi connectivity index (χ0) is 37.5. The summed E-state index contributed by atoms with van der Waals surface area (Å²) in [6, 6.07) is 73.8. The first kappa shape index (κ1) is 31.9. The maximum atomic E-state index is 3.83. The van der Waals surface area contributed by atoms with Gasteiger partial charge in [-0.2, -0.15) is 0 Å². The highest BCUT2D eigenvalue weighted by Gasteiger charge is 2.18. The number of para-hydroxylation sites is 3. The third-order valence-electron chi connectivity index (χ3n) is 12.1. The van der Waals surface area contributed by atoms with Gasteiger partial charge in [-0.25, -0.2) is 0 Å². The van der Waals surface area contributed by atoms with Crippen molar-refractivity contribution in [3.8, 4) is 27.9 Å². The Morgan fingerprint density at radius 1 is 0.386 bits per heavy atom. The topological polar surface area (TPSA) is 20.7 Å². The molecule has 57 heavy (non-hydrogen) atoms. The Kier molecular flexibility index (Phi) is 7.02. The molecule has 2 heterocycles. The summed E-state index contributed by atoms with van der Waals surface area (Å²) in [5.41, 5.74) is 13.4. The van der Waals surface area contributed by atoms with Crippen LogP contribution in [-0.2, 0) is 6.42 Å². The van der Waals surface area contributed by atoms with Gasteiger partial charge in [0.25, 0.3) is 0 Å². The van der Waals surface area contributed by atoms with Crippen LogP contribution >= 0.6 is 0 Å². The van der Waals surface area contributed by atoms with Crippen LogP contribution in [0.1, 0.15) is 11.1 Å². The summed E-state index contributed by atoms with van der Waals surface area (Å²) in [5, 5.41) is 12.7. The average Bonchev–Trinajstić information content (AvgIpc) is 3.82. The van der Waals surface area contributed by atoms with E-state index in [9.17, 15) is 0 Å². The SMILES string of the molecule is c1ccc(Cc2cc3ccc(-c4cc(-c5ccc6c(c5)c5ccccc5n6-c5ccccc5)c5[nH]c6ccccc6c5c4)cc3c3c2ccc2ccccc23)cc1. The molecule has 2 aromatic heterocycles. The first-order valence-corrected chi connectivity index (χ1v) is 19.8. The van der Waals surface area contributed by atoms with Gasteiger partial charge in [-0.15, -0.1) is 0 Å². The number of fused-ring (bicyclic) bond motifs is 11. The maximum absolute atomic E-state index is 3.83. The smallest absolute Gasteiger partial charge is 0.0544 e. The molecular formula is C55H36N2. The minimum Gasteiger partial charge on any atom is -0.354 e. The molecule has 0 bridgehead atoms. The van der Waals surface area contributed by atoms with Gasteiger partial charge in [-0.3, -0.25) is 0 Å². The highest BCUT2D eigenvalue weighted by Crippen LogP contribution is 2.42. The van der Waals surface area contributed by atoms with Crippen LogP contribution in [0.5, 0.6) is 0 Å². The van der Waals surface area contributed by atoms with Gasteiger partial charge in [0.2, 0.25) is 0 Å². The molecule has 0 atom stereocenters. The normalized spacial score (nSPS) is 11.9. The van der Waals surface area contributed by atoms with Crippen molar-refractivity contribution in [3.05, 3.63) is 211 Å². The molecule has 10 aromatic carbocycles. The summed E-state index contributed by atoms with van der Waals surface area (Å²) in [7, 11) is 0. The number of nitrogens with zero attached hydrogens (tertiary/aromatic N) is 1. The molecule has 0 unspecified atom stereocenters. The van der Waals surface area contributed by atoms with E-state index >= 15 is 0 Å². The Morgan fingerprint density at radius 2 is 1.05 bits per heavy atom. The Balaban J connectivity index is 1.10. The van der Waals surface area contributed by atoms with Crippen molar-refractivity contribution < 1.29 is 0 Å². The number of nitrogens with one attached hydrogen (secondary N) is 1. The van der Waals surface area contributed by atoms with Crippen LogP contribution in [0.3, 0.4) is 0 Å². The van der Waals surface area contributed by atoms with Crippen molar-refractivity contribution in [2.75, 3.05) is 0 Å². The van der Waals surface area contributed by atoms with E-state index in [2.05, 4.69) is 210 Å². The summed E-state index contributed by atoms with van der Waals surface area (Å²) < 4.78 is 2.39. The lowest BCUT2D eigenvalue weighted by Crippen LogP contribution is -1.93. The van der Waals surface area contributed by atoms with Crippen molar-refractivity contribution in [2.45, 2.75) is 6.42 Å². The van der Waals surface area contributed by atoms with Crippen LogP contribution in [0.25, 0.3) is 104 Å². The van der Waals surface area contributed by atoms with E-state index < -0.39 is 0 Å². The standard InChI is InChI=1S/C55H36N2/c1-3-13-35(14-4-1)29-41-30-38-24-23-37(31-47(38)54-43-18-8-7-15-36(43)25-27-44(41)54)40-33-48(55-50(34-40)45-19-9-11-21-51(45)56-55)39-26-28-53-49(32-39)46-20-10-12-22-52(46)57(53)42-16-5-2-6-17-42/h1-28,30-34,56H,29H2. The van der Waals surface area contributed by atoms with Gasteiger partial charge in [0.1, 0.15) is 0 Å². The Bertz CT molecular complexity index is 3530. The predicted molar refractivity (Wildman–Crippen MR) is 243 cm³/mol. The molecule has 0 saturated carbocycles. The van der Waals surface area contributed by atoms with Crippen molar-refractivity contribution in [2.24, 2.45) is 0 Å². The lowest BCUT2D eigenvalue weighted by atomic mass is 9.88. The first-order valence-electron chi connectivity index (χ1n) is 19.8. The second-order valence-electron chi connectivity index (χ2n) is 15.4. The van der Waals surface area contributed by atoms with E-state index in [0.717, 1.165) is 17.5 Å². The summed E-state index contributed by atoms with van der Waals surface area (Å²) in [4.78, 5) is 3.83. The third-order valence-corrected chi connectivity index (χ3v) is 12.1. The lowest BCUT2D eigenvalue weighted by Gasteiger charge is -2.15. The molecule has 12 rings (SSSR count). The summed E-state index contributed by atoms with van der Waals surface area (Å²) in [6.45, 7) is 0. The van der Waals surface area contributed by atoms with Gasteiger partial charge >= 0.3 is 0 Å². The van der Waals surface area contributed by atoms with E-state index in [4.69, 9.17) is 0 Å². The van der Waals surface area contributed by atoms with Crippen LogP contribution in [0.4, 0.5) is 0 Å². The van der Waals surface area contributed by atoms with E-state index in [1.807, 2.05) is 0 Å². The van der Waals surface area contributed by atoms with E-state index in [1.54, 1.807) is 0 Å². The van der Waals surface area contributed by atoms with E-state index in [1.165, 1.54) is 104 Å². The van der Waals surface area contributed by atoms with E-state index in [0.29, 0.717) is 0 Å². The zero-order valence-electron chi connectivity index (χ0n) is 31.2. The fraction of sp³-hybridized carbons (Fsp3) is 0.0182. The van der Waals surface area contributed by atoms with Crippen molar-refractivity contribution in [1.29, 1.82) is 0 Å². The highest BCUT2D eigenvalue weighted by atomic mass is 15.0. The largest absolute Gasteiger partial charge is 0.354 e. The van der Waals surface area contributed by atoms with Crippen LogP contribution in [0.2, 0.25) is 0 Å². The molecule has 0 radical (unpaired) electrons. The molecule has 1 N–H and O–H groups in total. The molecule has 0 aliphatic rings. The van der Waals surface area contributed by atoms with Gasteiger partial charge < -0.3 is 9.55 Å². The minimum absolute atomic E-state index is 0.891. The Labute approximate surface area is 329 Å². The average molecular weight is 725 g/mol. The number of hydrogen-bond acceptors (Lipinski definition) is 0. The molecule has 266 valence electrons. The number of H-pyrrole nitrogens is 1. The zero-order valence-corrected chi connectivity index (χ0v) is 31.2. The summed E-state index contributed by atoms with van der Waals surface area (Å²) in [5.74, 6) is 0. The highest BCUT2D eigenvalue weighted by molar-refractivity contribution is 6.22. The fourth-order valence-corrected chi connectivity index (χ4v) is 9.48. The van der Waals surface area contributed by atoms with Gasteiger partial charge in [0, 0.05) is 38.3 Å². The molecule has 12 aromatic rings. The number of hydrogen-bond donors (Lipinski definition) is 1. The maximum Gasteiger partial charge on any atom is 0.0544 e. The van der Waals surface area contributed by atoms with Crippen molar-refractivity contribution in [1.82, 2.24) is 9.55 Å². The van der Waals surface area contributed by atoms with E-state index in [-0.39, 0.29) is 0 Å². The fourth-order valence-electron chi connectivity index (χ4n) is 9.48. The number of rotatable bonds is 5. The third kappa shape index (κ3) is 5.04. The van der Waals surface area contributed by atoms with Gasteiger partial charge in [0.15, 0.2) is 0 Å². The van der Waals surface area contributed by atoms with Crippen molar-refractivity contribution >= 4 is 75.9 Å².